The van der Waals surface area contributed by atoms with Crippen molar-refractivity contribution in [2.45, 2.75) is 19.8 Å². The summed E-state index contributed by atoms with van der Waals surface area (Å²) in [6.07, 6.45) is 0.221. The van der Waals surface area contributed by atoms with E-state index >= 15 is 0 Å². The molecular formula is C10H11ClO3. The van der Waals surface area contributed by atoms with Gasteiger partial charge in [0.05, 0.1) is 0 Å². The van der Waals surface area contributed by atoms with Crippen LogP contribution in [0.1, 0.15) is 17.5 Å². The summed E-state index contributed by atoms with van der Waals surface area (Å²) in [6.45, 7) is 1.75. The van der Waals surface area contributed by atoms with E-state index in [0.717, 1.165) is 0 Å². The number of hydrogen-bond donors (Lipinski definition) is 2. The second kappa shape index (κ2) is 4.33. The molecule has 1 rings (SSSR count). The average Bonchev–Trinajstić information content (AvgIpc) is 2.11. The van der Waals surface area contributed by atoms with Gasteiger partial charge in [-0.15, -0.1) is 0 Å². The SMILES string of the molecule is Cc1ccc(Cl)c(CCC(=O)O)c1O. The molecule has 1 aromatic rings. The predicted octanol–water partition coefficient (Wildman–Crippen LogP) is 2.37. The van der Waals surface area contributed by atoms with Crippen molar-refractivity contribution in [2.24, 2.45) is 0 Å². The van der Waals surface area contributed by atoms with Crippen LogP contribution in [-0.4, -0.2) is 16.2 Å². The molecule has 0 heterocycles. The molecule has 0 aliphatic rings. The molecule has 1 aromatic carbocycles. The molecule has 14 heavy (non-hydrogen) atoms. The largest absolute Gasteiger partial charge is 0.507 e. The van der Waals surface area contributed by atoms with Gasteiger partial charge in [-0.2, -0.15) is 0 Å². The van der Waals surface area contributed by atoms with Gasteiger partial charge in [0.15, 0.2) is 0 Å². The Labute approximate surface area is 86.9 Å². The first-order chi connectivity index (χ1) is 6.52. The third-order valence-corrected chi connectivity index (χ3v) is 2.37. The number of carboxylic acid groups (broad SMARTS) is 1. The summed E-state index contributed by atoms with van der Waals surface area (Å²) in [4.78, 5) is 10.4. The number of aliphatic carboxylic acids is 1. The summed E-state index contributed by atoms with van der Waals surface area (Å²) < 4.78 is 0. The van der Waals surface area contributed by atoms with Gasteiger partial charge in [0.2, 0.25) is 0 Å². The molecule has 0 aliphatic heterocycles. The Bertz CT molecular complexity index is 361. The summed E-state index contributed by atoms with van der Waals surface area (Å²) in [6, 6.07) is 3.36. The molecule has 0 fully saturated rings. The monoisotopic (exact) mass is 214 g/mol. The molecule has 3 nitrogen and oxygen atoms in total. The van der Waals surface area contributed by atoms with Gasteiger partial charge >= 0.3 is 5.97 Å². The lowest BCUT2D eigenvalue weighted by atomic mass is 10.1. The van der Waals surface area contributed by atoms with E-state index in [2.05, 4.69) is 0 Å². The highest BCUT2D eigenvalue weighted by molar-refractivity contribution is 6.31. The first kappa shape index (κ1) is 10.9. The number of phenolic OH excluding ortho intramolecular Hbond substituents is 1. The number of carbonyl (C=O) groups is 1. The van der Waals surface area contributed by atoms with Gasteiger partial charge in [-0.1, -0.05) is 17.7 Å². The Hall–Kier alpha value is -1.22. The van der Waals surface area contributed by atoms with E-state index in [9.17, 15) is 9.90 Å². The lowest BCUT2D eigenvalue weighted by Gasteiger charge is -2.07. The van der Waals surface area contributed by atoms with Crippen LogP contribution in [0, 0.1) is 6.92 Å². The number of phenols is 1. The van der Waals surface area contributed by atoms with Gasteiger partial charge in [-0.3, -0.25) is 4.79 Å². The molecule has 0 saturated carbocycles. The fourth-order valence-electron chi connectivity index (χ4n) is 1.20. The molecule has 0 aliphatic carbocycles. The number of aromatic hydroxyl groups is 1. The minimum Gasteiger partial charge on any atom is -0.507 e. The van der Waals surface area contributed by atoms with Crippen molar-refractivity contribution >= 4 is 17.6 Å². The van der Waals surface area contributed by atoms with Crippen LogP contribution in [0.5, 0.6) is 5.75 Å². The third kappa shape index (κ3) is 2.39. The Balaban J connectivity index is 2.95. The summed E-state index contributed by atoms with van der Waals surface area (Å²) in [5.41, 5.74) is 1.21. The maximum absolute atomic E-state index is 10.4. The first-order valence-electron chi connectivity index (χ1n) is 4.21. The van der Waals surface area contributed by atoms with Gasteiger partial charge in [-0.25, -0.2) is 0 Å². The minimum atomic E-state index is -0.901. The van der Waals surface area contributed by atoms with Crippen molar-refractivity contribution in [2.75, 3.05) is 0 Å². The molecular weight excluding hydrogens is 204 g/mol. The van der Waals surface area contributed by atoms with Crippen LogP contribution in [0.2, 0.25) is 5.02 Å². The zero-order chi connectivity index (χ0) is 10.7. The van der Waals surface area contributed by atoms with Crippen LogP contribution in [0.25, 0.3) is 0 Å². The number of carboxylic acids is 1. The number of halogens is 1. The maximum Gasteiger partial charge on any atom is 0.303 e. The molecule has 2 N–H and O–H groups in total. The van der Waals surface area contributed by atoms with E-state index in [1.807, 2.05) is 0 Å². The molecule has 0 spiro atoms. The topological polar surface area (TPSA) is 57.5 Å². The van der Waals surface area contributed by atoms with E-state index in [1.165, 1.54) is 0 Å². The number of rotatable bonds is 3. The van der Waals surface area contributed by atoms with E-state index in [0.29, 0.717) is 16.1 Å². The zero-order valence-electron chi connectivity index (χ0n) is 7.75. The summed E-state index contributed by atoms with van der Waals surface area (Å²) in [7, 11) is 0. The molecule has 0 atom stereocenters. The van der Waals surface area contributed by atoms with E-state index in [1.54, 1.807) is 19.1 Å². The van der Waals surface area contributed by atoms with Crippen molar-refractivity contribution in [1.29, 1.82) is 0 Å². The van der Waals surface area contributed by atoms with Gasteiger partial charge in [0.25, 0.3) is 0 Å². The molecule has 76 valence electrons. The lowest BCUT2D eigenvalue weighted by Crippen LogP contribution is -1.98. The van der Waals surface area contributed by atoms with Crippen molar-refractivity contribution in [1.82, 2.24) is 0 Å². The fraction of sp³-hybridized carbons (Fsp3) is 0.300. The molecule has 0 saturated heterocycles. The van der Waals surface area contributed by atoms with Crippen LogP contribution >= 0.6 is 11.6 Å². The number of aryl methyl sites for hydroxylation is 1. The first-order valence-corrected chi connectivity index (χ1v) is 4.59. The highest BCUT2D eigenvalue weighted by Gasteiger charge is 2.10. The van der Waals surface area contributed by atoms with Crippen molar-refractivity contribution < 1.29 is 15.0 Å². The quantitative estimate of drug-likeness (QED) is 0.812. The highest BCUT2D eigenvalue weighted by atomic mass is 35.5. The maximum atomic E-state index is 10.4. The lowest BCUT2D eigenvalue weighted by molar-refractivity contribution is -0.136. The molecule has 0 unspecified atom stereocenters. The van der Waals surface area contributed by atoms with E-state index < -0.39 is 5.97 Å². The van der Waals surface area contributed by atoms with Gasteiger partial charge in [0.1, 0.15) is 5.75 Å². The second-order valence-electron chi connectivity index (χ2n) is 3.09. The van der Waals surface area contributed by atoms with Gasteiger partial charge < -0.3 is 10.2 Å². The van der Waals surface area contributed by atoms with Crippen LogP contribution < -0.4 is 0 Å². The van der Waals surface area contributed by atoms with E-state index in [-0.39, 0.29) is 18.6 Å². The fourth-order valence-corrected chi connectivity index (χ4v) is 1.45. The average molecular weight is 215 g/mol. The Morgan fingerprint density at radius 3 is 2.71 bits per heavy atom. The standard InChI is InChI=1S/C10H11ClO3/c1-6-2-4-8(11)7(10(6)14)3-5-9(12)13/h2,4,14H,3,5H2,1H3,(H,12,13). The van der Waals surface area contributed by atoms with Crippen molar-refractivity contribution in [3.8, 4) is 5.75 Å². The molecule has 4 heteroatoms. The smallest absolute Gasteiger partial charge is 0.303 e. The van der Waals surface area contributed by atoms with Gasteiger partial charge in [0, 0.05) is 17.0 Å². The second-order valence-corrected chi connectivity index (χ2v) is 3.49. The van der Waals surface area contributed by atoms with Crippen molar-refractivity contribution in [3.05, 3.63) is 28.3 Å². The Morgan fingerprint density at radius 2 is 2.14 bits per heavy atom. The predicted molar refractivity (Wildman–Crippen MR) is 53.8 cm³/mol. The molecule has 0 amide bonds. The van der Waals surface area contributed by atoms with Crippen LogP contribution in [0.4, 0.5) is 0 Å². The highest BCUT2D eigenvalue weighted by Crippen LogP contribution is 2.29. The van der Waals surface area contributed by atoms with E-state index in [4.69, 9.17) is 16.7 Å². The Kier molecular flexibility index (Phi) is 3.36. The van der Waals surface area contributed by atoms with Crippen LogP contribution in [0.3, 0.4) is 0 Å². The summed E-state index contributed by atoms with van der Waals surface area (Å²) in [5.74, 6) is -0.805. The molecule has 0 aromatic heterocycles. The summed E-state index contributed by atoms with van der Waals surface area (Å²) >= 11 is 5.83. The number of hydrogen-bond acceptors (Lipinski definition) is 2. The van der Waals surface area contributed by atoms with Crippen LogP contribution in [0.15, 0.2) is 12.1 Å². The third-order valence-electron chi connectivity index (χ3n) is 2.02. The van der Waals surface area contributed by atoms with Crippen molar-refractivity contribution in [3.63, 3.8) is 0 Å². The molecule has 0 radical (unpaired) electrons. The van der Waals surface area contributed by atoms with Crippen LogP contribution in [-0.2, 0) is 11.2 Å². The summed E-state index contributed by atoms with van der Waals surface area (Å²) in [5, 5.41) is 18.5. The Morgan fingerprint density at radius 1 is 1.50 bits per heavy atom. The normalized spacial score (nSPS) is 10.1. The number of benzene rings is 1. The van der Waals surface area contributed by atoms with Gasteiger partial charge in [-0.05, 0) is 25.0 Å². The molecule has 0 bridgehead atoms. The zero-order valence-corrected chi connectivity index (χ0v) is 8.51. The minimum absolute atomic E-state index is 0.0310.